The summed E-state index contributed by atoms with van der Waals surface area (Å²) in [6.07, 6.45) is 1.44. The molecular formula is C10H22N2. The Morgan fingerprint density at radius 2 is 1.92 bits per heavy atom. The van der Waals surface area contributed by atoms with E-state index in [9.17, 15) is 0 Å². The van der Waals surface area contributed by atoms with Crippen molar-refractivity contribution in [2.75, 3.05) is 33.2 Å². The highest BCUT2D eigenvalue weighted by molar-refractivity contribution is 4.89. The molecule has 1 aliphatic rings. The van der Waals surface area contributed by atoms with Crippen molar-refractivity contribution < 1.29 is 0 Å². The summed E-state index contributed by atoms with van der Waals surface area (Å²) >= 11 is 0. The van der Waals surface area contributed by atoms with E-state index in [-0.39, 0.29) is 0 Å². The third-order valence-electron chi connectivity index (χ3n) is 2.92. The Morgan fingerprint density at radius 1 is 1.25 bits per heavy atom. The zero-order chi connectivity index (χ0) is 8.97. The molecule has 1 N–H and O–H groups in total. The lowest BCUT2D eigenvalue weighted by Gasteiger charge is -2.17. The molecule has 0 amide bonds. The quantitative estimate of drug-likeness (QED) is 0.644. The van der Waals surface area contributed by atoms with E-state index < -0.39 is 0 Å². The molecule has 1 rings (SSSR count). The molecule has 1 fully saturated rings. The van der Waals surface area contributed by atoms with Crippen LogP contribution in [0, 0.1) is 11.8 Å². The van der Waals surface area contributed by atoms with Crippen molar-refractivity contribution in [3.63, 3.8) is 0 Å². The van der Waals surface area contributed by atoms with Gasteiger partial charge in [-0.3, -0.25) is 0 Å². The van der Waals surface area contributed by atoms with Gasteiger partial charge >= 0.3 is 0 Å². The van der Waals surface area contributed by atoms with Crippen LogP contribution in [0.5, 0.6) is 0 Å². The Hall–Kier alpha value is -0.0800. The van der Waals surface area contributed by atoms with E-state index in [1.54, 1.807) is 0 Å². The fourth-order valence-electron chi connectivity index (χ4n) is 1.86. The second kappa shape index (κ2) is 4.83. The molecule has 2 heteroatoms. The van der Waals surface area contributed by atoms with Gasteiger partial charge in [0.05, 0.1) is 0 Å². The molecular weight excluding hydrogens is 148 g/mol. The SMILES string of the molecule is CCN(CC)CC1CC1CNC. The van der Waals surface area contributed by atoms with Gasteiger partial charge in [0.15, 0.2) is 0 Å². The lowest BCUT2D eigenvalue weighted by atomic mass is 10.3. The van der Waals surface area contributed by atoms with Crippen molar-refractivity contribution >= 4 is 0 Å². The smallest absolute Gasteiger partial charge is 0.00127 e. The zero-order valence-electron chi connectivity index (χ0n) is 8.64. The number of nitrogens with zero attached hydrogens (tertiary/aromatic N) is 1. The van der Waals surface area contributed by atoms with Crippen molar-refractivity contribution in [2.45, 2.75) is 20.3 Å². The highest BCUT2D eigenvalue weighted by atomic mass is 15.1. The van der Waals surface area contributed by atoms with Crippen LogP contribution in [0.3, 0.4) is 0 Å². The molecule has 0 aromatic rings. The van der Waals surface area contributed by atoms with Crippen LogP contribution < -0.4 is 5.32 Å². The Kier molecular flexibility index (Phi) is 4.02. The van der Waals surface area contributed by atoms with Gasteiger partial charge in [0.25, 0.3) is 0 Å². The van der Waals surface area contributed by atoms with Crippen molar-refractivity contribution in [1.29, 1.82) is 0 Å². The molecule has 0 saturated heterocycles. The molecule has 0 radical (unpaired) electrons. The third kappa shape index (κ3) is 2.76. The maximum Gasteiger partial charge on any atom is 0.00127 e. The molecule has 0 spiro atoms. The standard InChI is InChI=1S/C10H22N2/c1-4-12(5-2)8-10-6-9(10)7-11-3/h9-11H,4-8H2,1-3H3. The molecule has 2 atom stereocenters. The van der Waals surface area contributed by atoms with Crippen LogP contribution in [0.2, 0.25) is 0 Å². The number of hydrogen-bond acceptors (Lipinski definition) is 2. The maximum atomic E-state index is 3.25. The summed E-state index contributed by atoms with van der Waals surface area (Å²) in [4.78, 5) is 2.53. The van der Waals surface area contributed by atoms with Gasteiger partial charge in [0, 0.05) is 6.54 Å². The summed E-state index contributed by atoms with van der Waals surface area (Å²) < 4.78 is 0. The normalized spacial score (nSPS) is 28.0. The van der Waals surface area contributed by atoms with E-state index in [1.165, 1.54) is 32.6 Å². The van der Waals surface area contributed by atoms with Crippen LogP contribution in [0.1, 0.15) is 20.3 Å². The lowest BCUT2D eigenvalue weighted by molar-refractivity contribution is 0.285. The van der Waals surface area contributed by atoms with Crippen molar-refractivity contribution in [2.24, 2.45) is 11.8 Å². The second-order valence-corrected chi connectivity index (χ2v) is 3.80. The predicted octanol–water partition coefficient (Wildman–Crippen LogP) is 1.18. The highest BCUT2D eigenvalue weighted by Crippen LogP contribution is 2.38. The van der Waals surface area contributed by atoms with Gasteiger partial charge in [-0.1, -0.05) is 13.8 Å². The minimum absolute atomic E-state index is 0.968. The highest BCUT2D eigenvalue weighted by Gasteiger charge is 2.36. The average Bonchev–Trinajstić information content (AvgIpc) is 2.80. The van der Waals surface area contributed by atoms with Gasteiger partial charge < -0.3 is 10.2 Å². The first-order valence-electron chi connectivity index (χ1n) is 5.18. The van der Waals surface area contributed by atoms with Gasteiger partial charge in [0.2, 0.25) is 0 Å². The molecule has 0 aromatic carbocycles. The first-order chi connectivity index (χ1) is 5.81. The van der Waals surface area contributed by atoms with Gasteiger partial charge in [0.1, 0.15) is 0 Å². The summed E-state index contributed by atoms with van der Waals surface area (Å²) in [7, 11) is 2.05. The van der Waals surface area contributed by atoms with E-state index in [4.69, 9.17) is 0 Å². The van der Waals surface area contributed by atoms with Crippen LogP contribution in [0.25, 0.3) is 0 Å². The van der Waals surface area contributed by atoms with Crippen LogP contribution in [-0.4, -0.2) is 38.1 Å². The van der Waals surface area contributed by atoms with Gasteiger partial charge in [-0.2, -0.15) is 0 Å². The fourth-order valence-corrected chi connectivity index (χ4v) is 1.86. The van der Waals surface area contributed by atoms with Crippen LogP contribution >= 0.6 is 0 Å². The van der Waals surface area contributed by atoms with Crippen molar-refractivity contribution in [3.8, 4) is 0 Å². The molecule has 0 aromatic heterocycles. The largest absolute Gasteiger partial charge is 0.319 e. The third-order valence-corrected chi connectivity index (χ3v) is 2.92. The van der Waals surface area contributed by atoms with Crippen LogP contribution in [-0.2, 0) is 0 Å². The Morgan fingerprint density at radius 3 is 2.42 bits per heavy atom. The molecule has 2 unspecified atom stereocenters. The number of nitrogens with one attached hydrogen (secondary N) is 1. The fraction of sp³-hybridized carbons (Fsp3) is 1.00. The summed E-state index contributed by atoms with van der Waals surface area (Å²) in [5, 5.41) is 3.25. The molecule has 0 aliphatic heterocycles. The zero-order valence-corrected chi connectivity index (χ0v) is 8.64. The van der Waals surface area contributed by atoms with Gasteiger partial charge in [-0.05, 0) is 44.9 Å². The van der Waals surface area contributed by atoms with E-state index >= 15 is 0 Å². The average molecular weight is 170 g/mol. The second-order valence-electron chi connectivity index (χ2n) is 3.80. The Bertz CT molecular complexity index is 121. The monoisotopic (exact) mass is 170 g/mol. The first kappa shape index (κ1) is 10.0. The summed E-state index contributed by atoms with van der Waals surface area (Å²) in [5.41, 5.74) is 0. The van der Waals surface area contributed by atoms with Gasteiger partial charge in [-0.15, -0.1) is 0 Å². The van der Waals surface area contributed by atoms with E-state index in [0.29, 0.717) is 0 Å². The number of hydrogen-bond donors (Lipinski definition) is 1. The predicted molar refractivity (Wildman–Crippen MR) is 53.3 cm³/mol. The van der Waals surface area contributed by atoms with E-state index in [0.717, 1.165) is 11.8 Å². The van der Waals surface area contributed by atoms with E-state index in [1.807, 2.05) is 7.05 Å². The topological polar surface area (TPSA) is 15.3 Å². The van der Waals surface area contributed by atoms with Crippen LogP contribution in [0.4, 0.5) is 0 Å². The summed E-state index contributed by atoms with van der Waals surface area (Å²) in [5.74, 6) is 1.95. The molecule has 1 aliphatic carbocycles. The first-order valence-corrected chi connectivity index (χ1v) is 5.18. The number of rotatable bonds is 6. The van der Waals surface area contributed by atoms with Gasteiger partial charge in [-0.25, -0.2) is 0 Å². The molecule has 0 bridgehead atoms. The Labute approximate surface area is 76.3 Å². The molecule has 72 valence electrons. The lowest BCUT2D eigenvalue weighted by Crippen LogP contribution is -2.26. The van der Waals surface area contributed by atoms with Crippen molar-refractivity contribution in [3.05, 3.63) is 0 Å². The minimum Gasteiger partial charge on any atom is -0.319 e. The van der Waals surface area contributed by atoms with E-state index in [2.05, 4.69) is 24.1 Å². The Balaban J connectivity index is 2.09. The van der Waals surface area contributed by atoms with Crippen molar-refractivity contribution in [1.82, 2.24) is 10.2 Å². The summed E-state index contributed by atoms with van der Waals surface area (Å²) in [6, 6.07) is 0. The summed E-state index contributed by atoms with van der Waals surface area (Å²) in [6.45, 7) is 9.45. The van der Waals surface area contributed by atoms with Crippen LogP contribution in [0.15, 0.2) is 0 Å². The maximum absolute atomic E-state index is 3.25. The molecule has 0 heterocycles. The molecule has 12 heavy (non-hydrogen) atoms. The minimum atomic E-state index is 0.968. The molecule has 1 saturated carbocycles. The molecule has 2 nitrogen and oxygen atoms in total.